The lowest BCUT2D eigenvalue weighted by Gasteiger charge is -2.08. The summed E-state index contributed by atoms with van der Waals surface area (Å²) in [6, 6.07) is 13.1. The fourth-order valence-corrected chi connectivity index (χ4v) is 3.96. The Kier molecular flexibility index (Phi) is 13.8. The third-order valence-electron chi connectivity index (χ3n) is 6.06. The van der Waals surface area contributed by atoms with Gasteiger partial charge in [0.15, 0.2) is 0 Å². The molecule has 0 saturated carbocycles. The third-order valence-corrected chi connectivity index (χ3v) is 6.06. The summed E-state index contributed by atoms with van der Waals surface area (Å²) in [6.45, 7) is 5.36. The minimum Gasteiger partial charge on any atom is -0.494 e. The smallest absolute Gasteiger partial charge is 0.119 e. The molecule has 0 aliphatic carbocycles. The van der Waals surface area contributed by atoms with Gasteiger partial charge in [0.25, 0.3) is 0 Å². The van der Waals surface area contributed by atoms with Crippen molar-refractivity contribution >= 4 is 0 Å². The molecule has 0 saturated heterocycles. The number of aryl methyl sites for hydroxylation is 3. The Balaban J connectivity index is 1.59. The van der Waals surface area contributed by atoms with Gasteiger partial charge in [0, 0.05) is 11.9 Å². The molecule has 2 nitrogen and oxygen atoms in total. The third kappa shape index (κ3) is 12.0. The first-order valence-electron chi connectivity index (χ1n) is 13.0. The monoisotopic (exact) mass is 423 g/mol. The Morgan fingerprint density at radius 3 is 1.84 bits per heavy atom. The zero-order chi connectivity index (χ0) is 22.0. The summed E-state index contributed by atoms with van der Waals surface area (Å²) in [7, 11) is 0. The minimum atomic E-state index is 0.832. The van der Waals surface area contributed by atoms with Gasteiger partial charge in [-0.25, -0.2) is 0 Å². The molecule has 1 aromatic heterocycles. The average Bonchev–Trinajstić information content (AvgIpc) is 2.81. The van der Waals surface area contributed by atoms with Crippen LogP contribution in [0.15, 0.2) is 42.6 Å². The molecule has 0 radical (unpaired) electrons. The van der Waals surface area contributed by atoms with Crippen LogP contribution in [0, 0.1) is 0 Å². The van der Waals surface area contributed by atoms with E-state index in [1.807, 2.05) is 0 Å². The van der Waals surface area contributed by atoms with Crippen molar-refractivity contribution in [3.05, 3.63) is 59.4 Å². The highest BCUT2D eigenvalue weighted by Crippen LogP contribution is 2.15. The zero-order valence-corrected chi connectivity index (χ0v) is 20.2. The number of nitrogens with zero attached hydrogens (tertiary/aromatic N) is 1. The molecule has 0 spiro atoms. The van der Waals surface area contributed by atoms with Crippen LogP contribution in [0.1, 0.15) is 108 Å². The normalized spacial score (nSPS) is 11.0. The van der Waals surface area contributed by atoms with E-state index in [0.717, 1.165) is 31.6 Å². The molecular weight excluding hydrogens is 378 g/mol. The van der Waals surface area contributed by atoms with Gasteiger partial charge >= 0.3 is 0 Å². The van der Waals surface area contributed by atoms with Crippen LogP contribution in [0.25, 0.3) is 0 Å². The molecule has 2 heteroatoms. The van der Waals surface area contributed by atoms with Gasteiger partial charge in [-0.2, -0.15) is 0 Å². The Bertz CT molecular complexity index is 662. The van der Waals surface area contributed by atoms with E-state index in [0.29, 0.717) is 0 Å². The van der Waals surface area contributed by atoms with E-state index >= 15 is 0 Å². The second-order valence-corrected chi connectivity index (χ2v) is 8.94. The quantitative estimate of drug-likeness (QED) is 0.224. The lowest BCUT2D eigenvalue weighted by Crippen LogP contribution is -1.98. The molecule has 0 fully saturated rings. The summed E-state index contributed by atoms with van der Waals surface area (Å²) in [5.41, 5.74) is 3.92. The first-order chi connectivity index (χ1) is 15.3. The molecule has 0 atom stereocenters. The number of unbranched alkanes of at least 4 members (excludes halogenated alkanes) is 10. The van der Waals surface area contributed by atoms with Gasteiger partial charge < -0.3 is 4.74 Å². The van der Waals surface area contributed by atoms with Crippen LogP contribution in [-0.4, -0.2) is 11.6 Å². The summed E-state index contributed by atoms with van der Waals surface area (Å²) in [6.07, 6.45) is 21.2. The molecule has 1 aromatic carbocycles. The van der Waals surface area contributed by atoms with Crippen LogP contribution in [0.5, 0.6) is 5.75 Å². The Hall–Kier alpha value is -1.83. The minimum absolute atomic E-state index is 0.832. The highest BCUT2D eigenvalue weighted by molar-refractivity contribution is 5.28. The molecule has 172 valence electrons. The number of benzene rings is 1. The van der Waals surface area contributed by atoms with Crippen molar-refractivity contribution in [2.45, 2.75) is 110 Å². The molecule has 1 heterocycles. The van der Waals surface area contributed by atoms with E-state index in [1.54, 1.807) is 0 Å². The van der Waals surface area contributed by atoms with Gasteiger partial charge in [0.2, 0.25) is 0 Å². The first kappa shape index (κ1) is 25.4. The molecule has 0 unspecified atom stereocenters. The van der Waals surface area contributed by atoms with E-state index in [1.165, 1.54) is 93.9 Å². The van der Waals surface area contributed by atoms with Crippen LogP contribution < -0.4 is 4.74 Å². The number of pyridine rings is 1. The average molecular weight is 424 g/mol. The molecule has 0 amide bonds. The first-order valence-corrected chi connectivity index (χ1v) is 13.0. The number of rotatable bonds is 18. The Morgan fingerprint density at radius 2 is 1.19 bits per heavy atom. The lowest BCUT2D eigenvalue weighted by molar-refractivity contribution is 0.304. The fraction of sp³-hybridized carbons (Fsp3) is 0.621. The van der Waals surface area contributed by atoms with Crippen LogP contribution >= 0.6 is 0 Å². The molecule has 0 aliphatic rings. The van der Waals surface area contributed by atoms with Crippen molar-refractivity contribution in [2.75, 3.05) is 6.61 Å². The van der Waals surface area contributed by atoms with E-state index in [2.05, 4.69) is 56.4 Å². The highest BCUT2D eigenvalue weighted by Gasteiger charge is 2.01. The Morgan fingerprint density at radius 1 is 0.581 bits per heavy atom. The van der Waals surface area contributed by atoms with Gasteiger partial charge in [-0.1, -0.05) is 96.3 Å². The predicted molar refractivity (Wildman–Crippen MR) is 134 cm³/mol. The van der Waals surface area contributed by atoms with Crippen molar-refractivity contribution in [3.8, 4) is 5.75 Å². The van der Waals surface area contributed by atoms with Gasteiger partial charge in [0.1, 0.15) is 5.75 Å². The second kappa shape index (κ2) is 16.8. The molecule has 0 aliphatic heterocycles. The zero-order valence-electron chi connectivity index (χ0n) is 20.2. The number of hydrogen-bond acceptors (Lipinski definition) is 2. The second-order valence-electron chi connectivity index (χ2n) is 8.94. The largest absolute Gasteiger partial charge is 0.494 e. The molecular formula is C29H45NO. The highest BCUT2D eigenvalue weighted by atomic mass is 16.5. The van der Waals surface area contributed by atoms with Gasteiger partial charge in [-0.3, -0.25) is 4.98 Å². The van der Waals surface area contributed by atoms with E-state index in [-0.39, 0.29) is 0 Å². The number of hydrogen-bond donors (Lipinski definition) is 0. The molecule has 0 N–H and O–H groups in total. The van der Waals surface area contributed by atoms with E-state index < -0.39 is 0 Å². The lowest BCUT2D eigenvalue weighted by atomic mass is 10.0. The summed E-state index contributed by atoms with van der Waals surface area (Å²) >= 11 is 0. The van der Waals surface area contributed by atoms with Crippen LogP contribution in [-0.2, 0) is 19.3 Å². The summed E-state index contributed by atoms with van der Waals surface area (Å²) in [4.78, 5) is 4.70. The maximum atomic E-state index is 5.87. The summed E-state index contributed by atoms with van der Waals surface area (Å²) in [5, 5.41) is 0. The van der Waals surface area contributed by atoms with Crippen molar-refractivity contribution in [2.24, 2.45) is 0 Å². The maximum Gasteiger partial charge on any atom is 0.119 e. The van der Waals surface area contributed by atoms with Crippen LogP contribution in [0.3, 0.4) is 0 Å². The van der Waals surface area contributed by atoms with Crippen LogP contribution in [0.4, 0.5) is 0 Å². The fourth-order valence-electron chi connectivity index (χ4n) is 3.96. The SMILES string of the molecule is CCCCCCCCCc1ccc(CCc2ccc(OCCCCCCC)cc2)nc1. The molecule has 2 aromatic rings. The van der Waals surface area contributed by atoms with Crippen molar-refractivity contribution in [3.63, 3.8) is 0 Å². The molecule has 0 bridgehead atoms. The standard InChI is InChI=1S/C29H45NO/c1-3-5-7-9-10-11-13-15-27-17-21-28(30-25-27)20-16-26-18-22-29(23-19-26)31-24-14-12-8-6-4-2/h17-19,21-23,25H,3-16,20,24H2,1-2H3. The van der Waals surface area contributed by atoms with Crippen molar-refractivity contribution in [1.29, 1.82) is 0 Å². The van der Waals surface area contributed by atoms with E-state index in [9.17, 15) is 0 Å². The summed E-state index contributed by atoms with van der Waals surface area (Å²) < 4.78 is 5.87. The van der Waals surface area contributed by atoms with Crippen molar-refractivity contribution < 1.29 is 4.74 Å². The molecule has 2 rings (SSSR count). The number of aromatic nitrogens is 1. The summed E-state index contributed by atoms with van der Waals surface area (Å²) in [5.74, 6) is 0.993. The molecule has 31 heavy (non-hydrogen) atoms. The number of ether oxygens (including phenoxy) is 1. The predicted octanol–water partition coefficient (Wildman–Crippen LogP) is 8.51. The van der Waals surface area contributed by atoms with E-state index in [4.69, 9.17) is 9.72 Å². The van der Waals surface area contributed by atoms with Gasteiger partial charge in [-0.15, -0.1) is 0 Å². The topological polar surface area (TPSA) is 22.1 Å². The van der Waals surface area contributed by atoms with Crippen LogP contribution in [0.2, 0.25) is 0 Å². The van der Waals surface area contributed by atoms with Gasteiger partial charge in [0.05, 0.1) is 6.61 Å². The van der Waals surface area contributed by atoms with Crippen molar-refractivity contribution in [1.82, 2.24) is 4.98 Å². The van der Waals surface area contributed by atoms with Gasteiger partial charge in [-0.05, 0) is 61.4 Å². The maximum absolute atomic E-state index is 5.87. The Labute approximate surface area is 191 Å².